The predicted molar refractivity (Wildman–Crippen MR) is 80.3 cm³/mol. The van der Waals surface area contributed by atoms with Gasteiger partial charge in [0, 0.05) is 29.6 Å². The molecule has 3 rings (SSSR count). The first-order valence-electron chi connectivity index (χ1n) is 7.04. The van der Waals surface area contributed by atoms with Gasteiger partial charge in [-0.25, -0.2) is 0 Å². The fourth-order valence-corrected chi connectivity index (χ4v) is 3.83. The van der Waals surface area contributed by atoms with Crippen LogP contribution in [0.1, 0.15) is 17.5 Å². The minimum Gasteiger partial charge on any atom is -0.379 e. The zero-order valence-corrected chi connectivity index (χ0v) is 12.8. The van der Waals surface area contributed by atoms with Crippen molar-refractivity contribution >= 4 is 15.9 Å². The van der Waals surface area contributed by atoms with E-state index in [4.69, 9.17) is 10.5 Å². The van der Waals surface area contributed by atoms with Crippen LogP contribution in [0, 0.1) is 0 Å². The second kappa shape index (κ2) is 5.52. The Morgan fingerprint density at radius 2 is 2.05 bits per heavy atom. The van der Waals surface area contributed by atoms with E-state index in [1.54, 1.807) is 0 Å². The third-order valence-electron chi connectivity index (χ3n) is 4.61. The molecule has 1 fully saturated rings. The SMILES string of the molecule is NCC1(N2CCOCC2)CCc2cc(Br)ccc2C1. The standard InChI is InChI=1S/C15H21BrN2O/c16-14-2-1-13-10-15(11-17,4-3-12(13)9-14)18-5-7-19-8-6-18/h1-2,9H,3-8,10-11,17H2. The molecule has 1 aromatic rings. The summed E-state index contributed by atoms with van der Waals surface area (Å²) in [6.45, 7) is 4.46. The van der Waals surface area contributed by atoms with Crippen molar-refractivity contribution in [1.29, 1.82) is 0 Å². The van der Waals surface area contributed by atoms with E-state index >= 15 is 0 Å². The van der Waals surface area contributed by atoms with E-state index in [9.17, 15) is 0 Å². The van der Waals surface area contributed by atoms with Crippen LogP contribution in [0.4, 0.5) is 0 Å². The number of morpholine rings is 1. The Morgan fingerprint density at radius 3 is 2.79 bits per heavy atom. The lowest BCUT2D eigenvalue weighted by atomic mass is 9.76. The van der Waals surface area contributed by atoms with Gasteiger partial charge in [-0.15, -0.1) is 0 Å². The maximum atomic E-state index is 6.16. The topological polar surface area (TPSA) is 38.5 Å². The van der Waals surface area contributed by atoms with Gasteiger partial charge in [0.2, 0.25) is 0 Å². The van der Waals surface area contributed by atoms with Crippen molar-refractivity contribution in [1.82, 2.24) is 4.90 Å². The van der Waals surface area contributed by atoms with E-state index in [0.717, 1.165) is 52.1 Å². The van der Waals surface area contributed by atoms with Gasteiger partial charge < -0.3 is 10.5 Å². The number of hydrogen-bond donors (Lipinski definition) is 1. The minimum absolute atomic E-state index is 0.143. The summed E-state index contributed by atoms with van der Waals surface area (Å²) < 4.78 is 6.66. The molecule has 2 aliphatic rings. The smallest absolute Gasteiger partial charge is 0.0594 e. The summed E-state index contributed by atoms with van der Waals surface area (Å²) in [5.74, 6) is 0. The number of nitrogens with zero attached hydrogens (tertiary/aromatic N) is 1. The predicted octanol–water partition coefficient (Wildman–Crippen LogP) is 1.97. The molecule has 104 valence electrons. The number of benzene rings is 1. The van der Waals surface area contributed by atoms with Crippen LogP contribution >= 0.6 is 15.9 Å². The fraction of sp³-hybridized carbons (Fsp3) is 0.600. The molecule has 2 N–H and O–H groups in total. The first kappa shape index (κ1) is 13.6. The Balaban J connectivity index is 1.86. The quantitative estimate of drug-likeness (QED) is 0.903. The van der Waals surface area contributed by atoms with Gasteiger partial charge >= 0.3 is 0 Å². The van der Waals surface area contributed by atoms with Crippen molar-refractivity contribution in [2.24, 2.45) is 5.73 Å². The minimum atomic E-state index is 0.143. The Morgan fingerprint density at radius 1 is 1.26 bits per heavy atom. The van der Waals surface area contributed by atoms with Crippen molar-refractivity contribution in [3.05, 3.63) is 33.8 Å². The number of hydrogen-bond acceptors (Lipinski definition) is 3. The van der Waals surface area contributed by atoms with Crippen LogP contribution in [-0.4, -0.2) is 43.3 Å². The molecule has 1 unspecified atom stereocenters. The molecule has 0 saturated carbocycles. The molecule has 1 aliphatic carbocycles. The Labute approximate surface area is 123 Å². The molecule has 0 radical (unpaired) electrons. The molecule has 1 saturated heterocycles. The molecule has 0 spiro atoms. The maximum absolute atomic E-state index is 6.16. The Kier molecular flexibility index (Phi) is 3.94. The number of rotatable bonds is 2. The highest BCUT2D eigenvalue weighted by molar-refractivity contribution is 9.10. The zero-order chi connectivity index (χ0) is 13.3. The fourth-order valence-electron chi connectivity index (χ4n) is 3.42. The van der Waals surface area contributed by atoms with Crippen molar-refractivity contribution in [3.8, 4) is 0 Å². The largest absolute Gasteiger partial charge is 0.379 e. The lowest BCUT2D eigenvalue weighted by Crippen LogP contribution is -2.60. The second-order valence-electron chi connectivity index (χ2n) is 5.62. The van der Waals surface area contributed by atoms with E-state index in [2.05, 4.69) is 39.0 Å². The molecule has 1 atom stereocenters. The van der Waals surface area contributed by atoms with Crippen molar-refractivity contribution in [3.63, 3.8) is 0 Å². The number of fused-ring (bicyclic) bond motifs is 1. The van der Waals surface area contributed by atoms with E-state index in [-0.39, 0.29) is 5.54 Å². The van der Waals surface area contributed by atoms with Crippen molar-refractivity contribution in [2.75, 3.05) is 32.8 Å². The molecular formula is C15H21BrN2O. The molecule has 3 nitrogen and oxygen atoms in total. The molecule has 19 heavy (non-hydrogen) atoms. The van der Waals surface area contributed by atoms with Crippen molar-refractivity contribution in [2.45, 2.75) is 24.8 Å². The van der Waals surface area contributed by atoms with Crippen LogP contribution in [0.25, 0.3) is 0 Å². The van der Waals surface area contributed by atoms with Crippen LogP contribution < -0.4 is 5.73 Å². The molecule has 1 heterocycles. The summed E-state index contributed by atoms with van der Waals surface area (Å²) in [5.41, 5.74) is 9.25. The Bertz CT molecular complexity index is 459. The van der Waals surface area contributed by atoms with Crippen molar-refractivity contribution < 1.29 is 4.74 Å². The monoisotopic (exact) mass is 324 g/mol. The molecule has 4 heteroatoms. The highest BCUT2D eigenvalue weighted by Gasteiger charge is 2.39. The van der Waals surface area contributed by atoms with Crippen LogP contribution in [0.5, 0.6) is 0 Å². The molecule has 1 aromatic carbocycles. The highest BCUT2D eigenvalue weighted by atomic mass is 79.9. The third-order valence-corrected chi connectivity index (χ3v) is 5.10. The second-order valence-corrected chi connectivity index (χ2v) is 6.53. The van der Waals surface area contributed by atoms with Crippen LogP contribution in [0.3, 0.4) is 0 Å². The molecule has 0 amide bonds. The molecule has 1 aliphatic heterocycles. The molecule has 0 bridgehead atoms. The van der Waals surface area contributed by atoms with E-state index in [0.29, 0.717) is 0 Å². The zero-order valence-electron chi connectivity index (χ0n) is 11.2. The third kappa shape index (κ3) is 2.59. The van der Waals surface area contributed by atoms with E-state index in [1.807, 2.05) is 0 Å². The summed E-state index contributed by atoms with van der Waals surface area (Å²) in [6, 6.07) is 6.66. The van der Waals surface area contributed by atoms with Gasteiger partial charge in [-0.3, -0.25) is 4.90 Å². The first-order chi connectivity index (χ1) is 9.23. The summed E-state index contributed by atoms with van der Waals surface area (Å²) >= 11 is 3.56. The maximum Gasteiger partial charge on any atom is 0.0594 e. The first-order valence-corrected chi connectivity index (χ1v) is 7.83. The number of ether oxygens (including phenoxy) is 1. The molecular weight excluding hydrogens is 304 g/mol. The summed E-state index contributed by atoms with van der Waals surface area (Å²) in [6.07, 6.45) is 3.36. The Hall–Kier alpha value is -0.420. The van der Waals surface area contributed by atoms with Gasteiger partial charge in [0.1, 0.15) is 0 Å². The van der Waals surface area contributed by atoms with Gasteiger partial charge in [-0.05, 0) is 42.5 Å². The van der Waals surface area contributed by atoms with Gasteiger partial charge in [-0.1, -0.05) is 22.0 Å². The van der Waals surface area contributed by atoms with E-state index in [1.165, 1.54) is 15.6 Å². The summed E-state index contributed by atoms with van der Waals surface area (Å²) in [7, 11) is 0. The number of nitrogens with two attached hydrogens (primary N) is 1. The molecule has 0 aromatic heterocycles. The van der Waals surface area contributed by atoms with Gasteiger partial charge in [-0.2, -0.15) is 0 Å². The van der Waals surface area contributed by atoms with Gasteiger partial charge in [0.05, 0.1) is 13.2 Å². The lowest BCUT2D eigenvalue weighted by Gasteiger charge is -2.48. The number of aryl methyl sites for hydroxylation is 1. The van der Waals surface area contributed by atoms with Gasteiger partial charge in [0.15, 0.2) is 0 Å². The van der Waals surface area contributed by atoms with Gasteiger partial charge in [0.25, 0.3) is 0 Å². The average molecular weight is 325 g/mol. The normalized spacial score (nSPS) is 28.1. The van der Waals surface area contributed by atoms with Crippen LogP contribution in [-0.2, 0) is 17.6 Å². The summed E-state index contributed by atoms with van der Waals surface area (Å²) in [5, 5.41) is 0. The highest BCUT2D eigenvalue weighted by Crippen LogP contribution is 2.34. The van der Waals surface area contributed by atoms with Crippen LogP contribution in [0.15, 0.2) is 22.7 Å². The summed E-state index contributed by atoms with van der Waals surface area (Å²) in [4.78, 5) is 2.56. The van der Waals surface area contributed by atoms with E-state index < -0.39 is 0 Å². The number of halogens is 1. The lowest BCUT2D eigenvalue weighted by molar-refractivity contribution is -0.0249. The average Bonchev–Trinajstić information content (AvgIpc) is 2.48. The van der Waals surface area contributed by atoms with Crippen LogP contribution in [0.2, 0.25) is 0 Å².